The quantitative estimate of drug-likeness (QED) is 0.661. The van der Waals surface area contributed by atoms with Crippen LogP contribution < -0.4 is 5.32 Å². The molecule has 1 rings (SSSR count). The van der Waals surface area contributed by atoms with Crippen LogP contribution in [0.4, 0.5) is 0 Å². The molecule has 1 heterocycles. The molecule has 0 saturated carbocycles. The Morgan fingerprint density at radius 3 is 2.90 bits per heavy atom. The predicted octanol–water partition coefficient (Wildman–Crippen LogP) is 1.05. The first-order valence-corrected chi connectivity index (χ1v) is 3.66. The van der Waals surface area contributed by atoms with E-state index in [4.69, 9.17) is 4.74 Å². The molecule has 1 N–H and O–H groups in total. The monoisotopic (exact) mass is 165 g/mol. The van der Waals surface area contributed by atoms with E-state index in [0.29, 0.717) is 0 Å². The third-order valence-corrected chi connectivity index (χ3v) is 1.75. The van der Waals surface area contributed by atoms with Crippen molar-refractivity contribution in [3.63, 3.8) is 0 Å². The van der Waals surface area contributed by atoms with Crippen LogP contribution in [0.25, 0.3) is 0 Å². The molecule has 1 fully saturated rings. The van der Waals surface area contributed by atoms with Crippen molar-refractivity contribution in [3.8, 4) is 0 Å². The molecule has 1 atom stereocenters. The second kappa shape index (κ2) is 5.96. The standard InChI is InChI=1S/C7H15NO.ClH/c1-8-5-7-3-2-4-9-6-7;/h7-8H,2-6H2,1H3;1H/t7-;/m1./s1. The molecule has 0 unspecified atom stereocenters. The number of nitrogens with one attached hydrogen (secondary N) is 1. The van der Waals surface area contributed by atoms with Crippen LogP contribution in [-0.2, 0) is 4.74 Å². The van der Waals surface area contributed by atoms with E-state index in [9.17, 15) is 0 Å². The summed E-state index contributed by atoms with van der Waals surface area (Å²) in [6.45, 7) is 3.04. The Morgan fingerprint density at radius 2 is 2.40 bits per heavy atom. The molecule has 0 amide bonds. The first-order chi connectivity index (χ1) is 4.43. The molecule has 0 aliphatic carbocycles. The Kier molecular flexibility index (Phi) is 6.08. The lowest BCUT2D eigenvalue weighted by Crippen LogP contribution is -2.26. The number of ether oxygens (including phenoxy) is 1. The molecule has 1 aliphatic heterocycles. The molecule has 1 saturated heterocycles. The minimum atomic E-state index is 0. The topological polar surface area (TPSA) is 21.3 Å². The highest BCUT2D eigenvalue weighted by atomic mass is 35.5. The molecule has 0 aromatic carbocycles. The SMILES string of the molecule is CNC[C@H]1CCCOC1.Cl. The van der Waals surface area contributed by atoms with Gasteiger partial charge in [-0.2, -0.15) is 0 Å². The van der Waals surface area contributed by atoms with Crippen molar-refractivity contribution in [1.29, 1.82) is 0 Å². The summed E-state index contributed by atoms with van der Waals surface area (Å²) in [6, 6.07) is 0. The lowest BCUT2D eigenvalue weighted by Gasteiger charge is -2.21. The minimum Gasteiger partial charge on any atom is -0.381 e. The van der Waals surface area contributed by atoms with E-state index in [1.165, 1.54) is 12.8 Å². The van der Waals surface area contributed by atoms with Crippen LogP contribution >= 0.6 is 12.4 Å². The van der Waals surface area contributed by atoms with Gasteiger partial charge < -0.3 is 10.1 Å². The van der Waals surface area contributed by atoms with E-state index < -0.39 is 0 Å². The first kappa shape index (κ1) is 10.2. The van der Waals surface area contributed by atoms with Gasteiger partial charge in [0.25, 0.3) is 0 Å². The van der Waals surface area contributed by atoms with Gasteiger partial charge in [-0.3, -0.25) is 0 Å². The zero-order chi connectivity index (χ0) is 6.53. The van der Waals surface area contributed by atoms with Gasteiger partial charge in [0.2, 0.25) is 0 Å². The van der Waals surface area contributed by atoms with E-state index in [-0.39, 0.29) is 12.4 Å². The van der Waals surface area contributed by atoms with Crippen LogP contribution in [0, 0.1) is 5.92 Å². The normalized spacial score (nSPS) is 25.5. The van der Waals surface area contributed by atoms with Crippen LogP contribution in [0.2, 0.25) is 0 Å². The highest BCUT2D eigenvalue weighted by Gasteiger charge is 2.11. The van der Waals surface area contributed by atoms with Gasteiger partial charge in [-0.25, -0.2) is 0 Å². The van der Waals surface area contributed by atoms with E-state index in [1.807, 2.05) is 7.05 Å². The van der Waals surface area contributed by atoms with Crippen LogP contribution in [-0.4, -0.2) is 26.8 Å². The van der Waals surface area contributed by atoms with Crippen LogP contribution in [0.1, 0.15) is 12.8 Å². The predicted molar refractivity (Wildman–Crippen MR) is 44.7 cm³/mol. The maximum Gasteiger partial charge on any atom is 0.0506 e. The van der Waals surface area contributed by atoms with Crippen molar-refractivity contribution in [2.45, 2.75) is 12.8 Å². The average molecular weight is 166 g/mol. The zero-order valence-electron chi connectivity index (χ0n) is 6.43. The molecular weight excluding hydrogens is 150 g/mol. The third-order valence-electron chi connectivity index (χ3n) is 1.75. The van der Waals surface area contributed by atoms with Gasteiger partial charge in [-0.15, -0.1) is 12.4 Å². The van der Waals surface area contributed by atoms with Crippen molar-refractivity contribution in [1.82, 2.24) is 5.32 Å². The summed E-state index contributed by atoms with van der Waals surface area (Å²) < 4.78 is 5.29. The lowest BCUT2D eigenvalue weighted by atomic mass is 10.0. The molecule has 1 aliphatic rings. The highest BCUT2D eigenvalue weighted by molar-refractivity contribution is 5.85. The zero-order valence-corrected chi connectivity index (χ0v) is 7.25. The summed E-state index contributed by atoms with van der Waals surface area (Å²) in [5.74, 6) is 0.767. The molecule has 10 heavy (non-hydrogen) atoms. The third kappa shape index (κ3) is 3.40. The second-order valence-electron chi connectivity index (χ2n) is 2.64. The molecule has 62 valence electrons. The fourth-order valence-corrected chi connectivity index (χ4v) is 1.26. The highest BCUT2D eigenvalue weighted by Crippen LogP contribution is 2.11. The molecule has 0 aromatic heterocycles. The van der Waals surface area contributed by atoms with E-state index in [1.54, 1.807) is 0 Å². The van der Waals surface area contributed by atoms with Crippen LogP contribution in [0.3, 0.4) is 0 Å². The van der Waals surface area contributed by atoms with Gasteiger partial charge in [0.15, 0.2) is 0 Å². The number of halogens is 1. The molecular formula is C7H16ClNO. The summed E-state index contributed by atoms with van der Waals surface area (Å²) in [5.41, 5.74) is 0. The Bertz CT molecular complexity index is 71.3. The fraction of sp³-hybridized carbons (Fsp3) is 1.00. The van der Waals surface area contributed by atoms with Crippen LogP contribution in [0.5, 0.6) is 0 Å². The first-order valence-electron chi connectivity index (χ1n) is 3.66. The molecule has 2 nitrogen and oxygen atoms in total. The largest absolute Gasteiger partial charge is 0.381 e. The second-order valence-corrected chi connectivity index (χ2v) is 2.64. The Hall–Kier alpha value is 0.210. The Labute approximate surface area is 68.7 Å². The van der Waals surface area contributed by atoms with Gasteiger partial charge in [-0.1, -0.05) is 0 Å². The summed E-state index contributed by atoms with van der Waals surface area (Å²) in [7, 11) is 1.99. The molecule has 0 bridgehead atoms. The molecule has 0 radical (unpaired) electrons. The Morgan fingerprint density at radius 1 is 1.60 bits per heavy atom. The smallest absolute Gasteiger partial charge is 0.0506 e. The van der Waals surface area contributed by atoms with Gasteiger partial charge >= 0.3 is 0 Å². The summed E-state index contributed by atoms with van der Waals surface area (Å²) in [4.78, 5) is 0. The summed E-state index contributed by atoms with van der Waals surface area (Å²) in [5, 5.41) is 3.16. The number of hydrogen-bond donors (Lipinski definition) is 1. The van der Waals surface area contributed by atoms with Gasteiger partial charge in [0.1, 0.15) is 0 Å². The molecule has 3 heteroatoms. The summed E-state index contributed by atoms with van der Waals surface area (Å²) >= 11 is 0. The van der Waals surface area contributed by atoms with Crippen molar-refractivity contribution in [2.24, 2.45) is 5.92 Å². The number of hydrogen-bond acceptors (Lipinski definition) is 2. The van der Waals surface area contributed by atoms with Gasteiger partial charge in [-0.05, 0) is 32.4 Å². The van der Waals surface area contributed by atoms with E-state index >= 15 is 0 Å². The maximum atomic E-state index is 5.29. The van der Waals surface area contributed by atoms with Crippen molar-refractivity contribution < 1.29 is 4.74 Å². The van der Waals surface area contributed by atoms with Crippen molar-refractivity contribution in [3.05, 3.63) is 0 Å². The van der Waals surface area contributed by atoms with E-state index in [2.05, 4.69) is 5.32 Å². The van der Waals surface area contributed by atoms with Crippen molar-refractivity contribution >= 4 is 12.4 Å². The van der Waals surface area contributed by atoms with Crippen LogP contribution in [0.15, 0.2) is 0 Å². The summed E-state index contributed by atoms with van der Waals surface area (Å²) in [6.07, 6.45) is 2.58. The number of rotatable bonds is 2. The maximum absolute atomic E-state index is 5.29. The minimum absolute atomic E-state index is 0. The van der Waals surface area contributed by atoms with E-state index in [0.717, 1.165) is 25.7 Å². The lowest BCUT2D eigenvalue weighted by molar-refractivity contribution is 0.0556. The Balaban J connectivity index is 0.000000810. The molecule has 0 aromatic rings. The van der Waals surface area contributed by atoms with Crippen molar-refractivity contribution in [2.75, 3.05) is 26.8 Å². The average Bonchev–Trinajstić information content (AvgIpc) is 1.91. The molecule has 0 spiro atoms. The van der Waals surface area contributed by atoms with Gasteiger partial charge in [0, 0.05) is 6.61 Å². The fourth-order valence-electron chi connectivity index (χ4n) is 1.26. The van der Waals surface area contributed by atoms with Gasteiger partial charge in [0.05, 0.1) is 6.61 Å².